The Morgan fingerprint density at radius 1 is 1.57 bits per heavy atom. The number of nitrogens with one attached hydrogen (secondary N) is 1. The lowest BCUT2D eigenvalue weighted by Gasteiger charge is -2.00. The van der Waals surface area contributed by atoms with Gasteiger partial charge in [-0.2, -0.15) is 5.10 Å². The third-order valence-electron chi connectivity index (χ3n) is 1.48. The molecular weight excluding hydrogens is 204 g/mol. The first kappa shape index (κ1) is 10.5. The van der Waals surface area contributed by atoms with Crippen molar-refractivity contribution in [3.8, 4) is 0 Å². The van der Waals surface area contributed by atoms with Crippen LogP contribution >= 0.6 is 11.6 Å². The number of aliphatic carboxylic acids is 1. The van der Waals surface area contributed by atoms with Crippen LogP contribution < -0.4 is 5.43 Å². The Hall–Kier alpha value is -1.55. The summed E-state index contributed by atoms with van der Waals surface area (Å²) in [6.45, 7) is 1.92. The number of carboxylic acid groups (broad SMARTS) is 1. The molecule has 1 aromatic rings. The number of anilines is 1. The fourth-order valence-corrected chi connectivity index (χ4v) is 0.918. The quantitative estimate of drug-likeness (QED) is 0.596. The monoisotopic (exact) mass is 212 g/mol. The molecule has 0 amide bonds. The van der Waals surface area contributed by atoms with Gasteiger partial charge in [-0.25, -0.2) is 4.79 Å². The number of hydrogen-bond donors (Lipinski definition) is 2. The molecule has 0 atom stereocenters. The Labute approximate surface area is 86.2 Å². The van der Waals surface area contributed by atoms with Crippen LogP contribution in [0, 0.1) is 6.92 Å². The first-order chi connectivity index (χ1) is 6.59. The van der Waals surface area contributed by atoms with Crippen molar-refractivity contribution in [2.75, 3.05) is 5.43 Å². The van der Waals surface area contributed by atoms with Gasteiger partial charge in [-0.05, 0) is 24.6 Å². The second kappa shape index (κ2) is 4.62. The van der Waals surface area contributed by atoms with Crippen molar-refractivity contribution < 1.29 is 9.90 Å². The van der Waals surface area contributed by atoms with Crippen LogP contribution in [0.15, 0.2) is 29.4 Å². The van der Waals surface area contributed by atoms with Crippen LogP contribution in [0.3, 0.4) is 0 Å². The maximum atomic E-state index is 10.3. The van der Waals surface area contributed by atoms with Crippen LogP contribution in [0.25, 0.3) is 0 Å². The number of nitrogens with zero attached hydrogens (tertiary/aromatic N) is 1. The summed E-state index contributed by atoms with van der Waals surface area (Å²) < 4.78 is 0. The molecule has 0 aromatic heterocycles. The molecule has 0 saturated heterocycles. The van der Waals surface area contributed by atoms with E-state index in [2.05, 4.69) is 10.5 Å². The first-order valence-corrected chi connectivity index (χ1v) is 4.26. The molecule has 5 heteroatoms. The number of rotatable bonds is 3. The van der Waals surface area contributed by atoms with E-state index in [9.17, 15) is 4.79 Å². The zero-order valence-corrected chi connectivity index (χ0v) is 8.25. The summed E-state index contributed by atoms with van der Waals surface area (Å²) in [5.74, 6) is -1.26. The van der Waals surface area contributed by atoms with E-state index in [1.165, 1.54) is 0 Å². The molecule has 0 aliphatic carbocycles. The molecule has 0 aliphatic heterocycles. The van der Waals surface area contributed by atoms with Crippen LogP contribution in [0.4, 0.5) is 5.69 Å². The van der Waals surface area contributed by atoms with E-state index >= 15 is 0 Å². The molecule has 1 aromatic carbocycles. The largest absolute Gasteiger partial charge is 0.476 e. The fourth-order valence-electron chi connectivity index (χ4n) is 0.876. The van der Waals surface area contributed by atoms with Crippen molar-refractivity contribution in [2.45, 2.75) is 6.92 Å². The molecule has 74 valence electrons. The van der Waals surface area contributed by atoms with Gasteiger partial charge >= 0.3 is 5.97 Å². The molecular formula is C9H9ClN2O2. The van der Waals surface area contributed by atoms with Crippen molar-refractivity contribution in [3.63, 3.8) is 0 Å². The maximum Gasteiger partial charge on any atom is 0.368 e. The number of hydrazone groups is 1. The predicted octanol–water partition coefficient (Wildman–Crippen LogP) is 2.04. The number of halogens is 1. The summed E-state index contributed by atoms with van der Waals surface area (Å²) in [5, 5.41) is 11.4. The topological polar surface area (TPSA) is 61.7 Å². The summed E-state index contributed by atoms with van der Waals surface area (Å²) >= 11 is 5.29. The zero-order valence-electron chi connectivity index (χ0n) is 7.49. The summed E-state index contributed by atoms with van der Waals surface area (Å²) in [4.78, 5) is 10.3. The van der Waals surface area contributed by atoms with Gasteiger partial charge in [0.2, 0.25) is 5.17 Å². The van der Waals surface area contributed by atoms with Gasteiger partial charge in [-0.1, -0.05) is 23.7 Å². The molecule has 0 bridgehead atoms. The van der Waals surface area contributed by atoms with E-state index in [-0.39, 0.29) is 0 Å². The molecule has 4 nitrogen and oxygen atoms in total. The standard InChI is InChI=1S/C9H9ClN2O2/c1-6-3-2-4-7(5-6)11-12-8(10)9(13)14/h2-5,11H,1H3,(H,13,14)/b12-8+. The molecule has 14 heavy (non-hydrogen) atoms. The second-order valence-electron chi connectivity index (χ2n) is 2.69. The van der Waals surface area contributed by atoms with Gasteiger partial charge in [0, 0.05) is 0 Å². The smallest absolute Gasteiger partial charge is 0.368 e. The second-order valence-corrected chi connectivity index (χ2v) is 3.05. The molecule has 0 fully saturated rings. The van der Waals surface area contributed by atoms with E-state index in [1.807, 2.05) is 25.1 Å². The van der Waals surface area contributed by atoms with Crippen LogP contribution in [0.1, 0.15) is 5.56 Å². The van der Waals surface area contributed by atoms with E-state index in [1.54, 1.807) is 6.07 Å². The predicted molar refractivity (Wildman–Crippen MR) is 55.7 cm³/mol. The molecule has 0 spiro atoms. The lowest BCUT2D eigenvalue weighted by atomic mass is 10.2. The van der Waals surface area contributed by atoms with E-state index in [4.69, 9.17) is 16.7 Å². The van der Waals surface area contributed by atoms with Crippen molar-refractivity contribution in [3.05, 3.63) is 29.8 Å². The highest BCUT2D eigenvalue weighted by atomic mass is 35.5. The number of carbonyl (C=O) groups is 1. The van der Waals surface area contributed by atoms with Gasteiger partial charge < -0.3 is 5.11 Å². The Kier molecular flexibility index (Phi) is 3.48. The normalized spacial score (nSPS) is 11.1. The van der Waals surface area contributed by atoms with Crippen LogP contribution in [0.5, 0.6) is 0 Å². The van der Waals surface area contributed by atoms with Crippen LogP contribution in [-0.2, 0) is 4.79 Å². The first-order valence-electron chi connectivity index (χ1n) is 3.89. The highest BCUT2D eigenvalue weighted by molar-refractivity contribution is 6.81. The molecule has 0 radical (unpaired) electrons. The SMILES string of the molecule is Cc1cccc(N/N=C(/Cl)C(=O)O)c1. The Balaban J connectivity index is 2.71. The van der Waals surface area contributed by atoms with Gasteiger partial charge in [-0.15, -0.1) is 0 Å². The van der Waals surface area contributed by atoms with Crippen molar-refractivity contribution in [1.82, 2.24) is 0 Å². The van der Waals surface area contributed by atoms with Gasteiger partial charge in [0.1, 0.15) is 0 Å². The summed E-state index contributed by atoms with van der Waals surface area (Å²) in [7, 11) is 0. The molecule has 0 unspecified atom stereocenters. The van der Waals surface area contributed by atoms with E-state index in [0.717, 1.165) is 5.56 Å². The third kappa shape index (κ3) is 3.06. The van der Waals surface area contributed by atoms with Gasteiger partial charge in [0.25, 0.3) is 0 Å². The van der Waals surface area contributed by atoms with Crippen molar-refractivity contribution in [1.29, 1.82) is 0 Å². The highest BCUT2D eigenvalue weighted by Gasteiger charge is 2.03. The number of carboxylic acids is 1. The van der Waals surface area contributed by atoms with E-state index < -0.39 is 11.1 Å². The average Bonchev–Trinajstić information content (AvgIpc) is 2.14. The fraction of sp³-hybridized carbons (Fsp3) is 0.111. The Morgan fingerprint density at radius 2 is 2.29 bits per heavy atom. The molecule has 0 aliphatic rings. The highest BCUT2D eigenvalue weighted by Crippen LogP contribution is 2.09. The molecule has 1 rings (SSSR count). The van der Waals surface area contributed by atoms with Gasteiger partial charge in [-0.3, -0.25) is 5.43 Å². The third-order valence-corrected chi connectivity index (χ3v) is 1.72. The minimum atomic E-state index is -1.26. The number of aryl methyl sites for hydroxylation is 1. The van der Waals surface area contributed by atoms with Crippen LogP contribution in [-0.4, -0.2) is 16.2 Å². The van der Waals surface area contributed by atoms with Gasteiger partial charge in [0.05, 0.1) is 5.69 Å². The summed E-state index contributed by atoms with van der Waals surface area (Å²) in [6.07, 6.45) is 0. The Bertz CT molecular complexity index is 377. The van der Waals surface area contributed by atoms with Crippen LogP contribution in [0.2, 0.25) is 0 Å². The zero-order chi connectivity index (χ0) is 10.6. The molecule has 0 heterocycles. The molecule has 2 N–H and O–H groups in total. The van der Waals surface area contributed by atoms with Gasteiger partial charge in [0.15, 0.2) is 0 Å². The minimum absolute atomic E-state index is 0.494. The van der Waals surface area contributed by atoms with E-state index in [0.29, 0.717) is 5.69 Å². The number of benzene rings is 1. The minimum Gasteiger partial charge on any atom is -0.476 e. The van der Waals surface area contributed by atoms with Crippen molar-refractivity contribution >= 4 is 28.4 Å². The van der Waals surface area contributed by atoms with Crippen molar-refractivity contribution in [2.24, 2.45) is 5.10 Å². The number of hydrogen-bond acceptors (Lipinski definition) is 3. The average molecular weight is 213 g/mol. The summed E-state index contributed by atoms with van der Waals surface area (Å²) in [6, 6.07) is 7.35. The maximum absolute atomic E-state index is 10.3. The lowest BCUT2D eigenvalue weighted by molar-refractivity contribution is -0.129. The Morgan fingerprint density at radius 3 is 2.86 bits per heavy atom. The summed E-state index contributed by atoms with van der Waals surface area (Å²) in [5.41, 5.74) is 4.29. The lowest BCUT2D eigenvalue weighted by Crippen LogP contribution is -2.07. The molecule has 0 saturated carbocycles.